The monoisotopic (exact) mass is 366 g/mol. The molecule has 84 valence electrons. The van der Waals surface area contributed by atoms with Crippen LogP contribution in [0.15, 0.2) is 56.8 Å². The second-order valence-corrected chi connectivity index (χ2v) is 6.98. The SMILES string of the molecule is Brc1cc(-c2cccc3ccccc23)sc1Br. The molecule has 0 fully saturated rings. The van der Waals surface area contributed by atoms with Crippen molar-refractivity contribution in [3.8, 4) is 10.4 Å². The first kappa shape index (κ1) is 11.5. The summed E-state index contributed by atoms with van der Waals surface area (Å²) >= 11 is 8.84. The Morgan fingerprint density at radius 3 is 2.41 bits per heavy atom. The average Bonchev–Trinajstić information content (AvgIpc) is 2.69. The van der Waals surface area contributed by atoms with Crippen LogP contribution in [0.4, 0.5) is 0 Å². The van der Waals surface area contributed by atoms with Gasteiger partial charge in [-0.1, -0.05) is 42.5 Å². The molecule has 3 rings (SSSR count). The van der Waals surface area contributed by atoms with Gasteiger partial charge in [0.15, 0.2) is 0 Å². The van der Waals surface area contributed by atoms with Crippen LogP contribution in [0.5, 0.6) is 0 Å². The molecule has 0 unspecified atom stereocenters. The highest BCUT2D eigenvalue weighted by Gasteiger charge is 2.08. The molecule has 0 aliphatic carbocycles. The van der Waals surface area contributed by atoms with Crippen molar-refractivity contribution in [1.82, 2.24) is 0 Å². The maximum atomic E-state index is 3.55. The van der Waals surface area contributed by atoms with Gasteiger partial charge in [0.1, 0.15) is 0 Å². The van der Waals surface area contributed by atoms with Crippen LogP contribution in [-0.4, -0.2) is 0 Å². The minimum Gasteiger partial charge on any atom is -0.127 e. The van der Waals surface area contributed by atoms with Crippen LogP contribution in [0, 0.1) is 0 Å². The zero-order valence-corrected chi connectivity index (χ0v) is 12.8. The molecule has 0 spiro atoms. The lowest BCUT2D eigenvalue weighted by molar-refractivity contribution is 1.73. The fourth-order valence-electron chi connectivity index (χ4n) is 1.92. The molecule has 0 N–H and O–H groups in total. The van der Waals surface area contributed by atoms with Gasteiger partial charge in [-0.2, -0.15) is 0 Å². The lowest BCUT2D eigenvalue weighted by atomic mass is 10.0. The van der Waals surface area contributed by atoms with Gasteiger partial charge in [0.25, 0.3) is 0 Å². The summed E-state index contributed by atoms with van der Waals surface area (Å²) in [5, 5.41) is 2.59. The van der Waals surface area contributed by atoms with E-state index >= 15 is 0 Å². The largest absolute Gasteiger partial charge is 0.127 e. The number of benzene rings is 2. The Labute approximate surface area is 121 Å². The predicted molar refractivity (Wildman–Crippen MR) is 82.7 cm³/mol. The van der Waals surface area contributed by atoms with Crippen LogP contribution in [0.1, 0.15) is 0 Å². The molecule has 3 aromatic rings. The summed E-state index contributed by atoms with van der Waals surface area (Å²) in [5.74, 6) is 0. The van der Waals surface area contributed by atoms with Gasteiger partial charge in [-0.25, -0.2) is 0 Å². The van der Waals surface area contributed by atoms with Gasteiger partial charge in [0.05, 0.1) is 3.79 Å². The summed E-state index contributed by atoms with van der Waals surface area (Å²) in [7, 11) is 0. The molecule has 3 heteroatoms. The van der Waals surface area contributed by atoms with Gasteiger partial charge in [-0.3, -0.25) is 0 Å². The highest BCUT2D eigenvalue weighted by Crippen LogP contribution is 2.40. The van der Waals surface area contributed by atoms with Gasteiger partial charge >= 0.3 is 0 Å². The van der Waals surface area contributed by atoms with Crippen molar-refractivity contribution >= 4 is 54.0 Å². The van der Waals surface area contributed by atoms with Crippen molar-refractivity contribution in [2.45, 2.75) is 0 Å². The lowest BCUT2D eigenvalue weighted by Crippen LogP contribution is -1.76. The summed E-state index contributed by atoms with van der Waals surface area (Å²) in [6.07, 6.45) is 0. The molecule has 1 aromatic heterocycles. The van der Waals surface area contributed by atoms with E-state index in [1.807, 2.05) is 0 Å². The number of halogens is 2. The predicted octanol–water partition coefficient (Wildman–Crippen LogP) is 6.09. The smallest absolute Gasteiger partial charge is 0.0846 e. The Kier molecular flexibility index (Phi) is 3.07. The van der Waals surface area contributed by atoms with Crippen molar-refractivity contribution in [2.24, 2.45) is 0 Å². The Bertz CT molecular complexity index is 661. The quantitative estimate of drug-likeness (QED) is 0.487. The molecule has 1 heterocycles. The molecule has 0 bridgehead atoms. The zero-order chi connectivity index (χ0) is 11.8. The van der Waals surface area contributed by atoms with E-state index in [0.717, 1.165) is 8.26 Å². The molecule has 0 saturated heterocycles. The van der Waals surface area contributed by atoms with Crippen molar-refractivity contribution in [2.75, 3.05) is 0 Å². The molecule has 0 atom stereocenters. The third-order valence-electron chi connectivity index (χ3n) is 2.70. The van der Waals surface area contributed by atoms with E-state index < -0.39 is 0 Å². The molecule has 2 aromatic carbocycles. The molecular formula is C14H8Br2S. The van der Waals surface area contributed by atoms with E-state index in [4.69, 9.17) is 0 Å². The molecule has 0 aliphatic heterocycles. The lowest BCUT2D eigenvalue weighted by Gasteiger charge is -2.03. The third kappa shape index (κ3) is 2.07. The Hall–Kier alpha value is -0.640. The van der Waals surface area contributed by atoms with Crippen molar-refractivity contribution in [3.05, 3.63) is 56.8 Å². The van der Waals surface area contributed by atoms with Gasteiger partial charge < -0.3 is 0 Å². The second kappa shape index (κ2) is 4.56. The first-order chi connectivity index (χ1) is 8.25. The Morgan fingerprint density at radius 2 is 1.65 bits per heavy atom. The number of thiophene rings is 1. The van der Waals surface area contributed by atoms with E-state index in [1.165, 1.54) is 21.2 Å². The maximum absolute atomic E-state index is 3.55. The Balaban J connectivity index is 2.30. The molecule has 0 nitrogen and oxygen atoms in total. The first-order valence-corrected chi connectivity index (χ1v) is 7.59. The molecule has 0 aliphatic rings. The topological polar surface area (TPSA) is 0 Å². The van der Waals surface area contributed by atoms with E-state index in [1.54, 1.807) is 11.3 Å². The van der Waals surface area contributed by atoms with E-state index in [9.17, 15) is 0 Å². The number of rotatable bonds is 1. The summed E-state index contributed by atoms with van der Waals surface area (Å²) in [6.45, 7) is 0. The van der Waals surface area contributed by atoms with Crippen LogP contribution in [0.25, 0.3) is 21.2 Å². The minimum atomic E-state index is 1.12. The standard InChI is InChI=1S/C14H8Br2S/c15-12-8-13(17-14(12)16)11-7-3-5-9-4-1-2-6-10(9)11/h1-8H. The maximum Gasteiger partial charge on any atom is 0.0846 e. The highest BCUT2D eigenvalue weighted by atomic mass is 79.9. The summed E-state index contributed by atoms with van der Waals surface area (Å²) in [5.41, 5.74) is 1.29. The average molecular weight is 368 g/mol. The minimum absolute atomic E-state index is 1.12. The Morgan fingerprint density at radius 1 is 0.882 bits per heavy atom. The van der Waals surface area contributed by atoms with Crippen molar-refractivity contribution in [1.29, 1.82) is 0 Å². The molecular weight excluding hydrogens is 360 g/mol. The van der Waals surface area contributed by atoms with Crippen LogP contribution in [0.3, 0.4) is 0 Å². The van der Waals surface area contributed by atoms with Gasteiger partial charge in [0, 0.05) is 9.35 Å². The van der Waals surface area contributed by atoms with E-state index in [-0.39, 0.29) is 0 Å². The van der Waals surface area contributed by atoms with Gasteiger partial charge in [-0.15, -0.1) is 11.3 Å². The first-order valence-electron chi connectivity index (χ1n) is 5.18. The van der Waals surface area contributed by atoms with Crippen LogP contribution in [0.2, 0.25) is 0 Å². The van der Waals surface area contributed by atoms with Crippen molar-refractivity contribution in [3.63, 3.8) is 0 Å². The van der Waals surface area contributed by atoms with E-state index in [0.29, 0.717) is 0 Å². The van der Waals surface area contributed by atoms with Crippen LogP contribution < -0.4 is 0 Å². The van der Waals surface area contributed by atoms with Crippen LogP contribution in [-0.2, 0) is 0 Å². The number of hydrogen-bond acceptors (Lipinski definition) is 1. The summed E-state index contributed by atoms with van der Waals surface area (Å²) in [6, 6.07) is 17.1. The van der Waals surface area contributed by atoms with Crippen LogP contribution >= 0.6 is 43.2 Å². The normalized spacial score (nSPS) is 10.9. The number of fused-ring (bicyclic) bond motifs is 1. The molecule has 17 heavy (non-hydrogen) atoms. The second-order valence-electron chi connectivity index (χ2n) is 3.76. The summed E-state index contributed by atoms with van der Waals surface area (Å²) in [4.78, 5) is 1.28. The fourth-order valence-corrected chi connectivity index (χ4v) is 3.99. The van der Waals surface area contributed by atoms with Gasteiger partial charge in [0.2, 0.25) is 0 Å². The summed E-state index contributed by atoms with van der Waals surface area (Å²) < 4.78 is 2.26. The molecule has 0 saturated carbocycles. The fraction of sp³-hybridized carbons (Fsp3) is 0. The molecule has 0 radical (unpaired) electrons. The number of hydrogen-bond donors (Lipinski definition) is 0. The van der Waals surface area contributed by atoms with Crippen molar-refractivity contribution < 1.29 is 0 Å². The van der Waals surface area contributed by atoms with Gasteiger partial charge in [-0.05, 0) is 54.3 Å². The molecule has 0 amide bonds. The zero-order valence-electron chi connectivity index (χ0n) is 8.78. The van der Waals surface area contributed by atoms with E-state index in [2.05, 4.69) is 80.4 Å². The third-order valence-corrected chi connectivity index (χ3v) is 5.99. The highest BCUT2D eigenvalue weighted by molar-refractivity contribution is 9.13.